The predicted molar refractivity (Wildman–Crippen MR) is 73.8 cm³/mol. The molecule has 0 fully saturated rings. The SMILES string of the molecule is Cc1csc(-c2nncn2-c2ccccc2)c1N. The van der Waals surface area contributed by atoms with Gasteiger partial charge in [0.25, 0.3) is 0 Å². The van der Waals surface area contributed by atoms with Gasteiger partial charge < -0.3 is 5.73 Å². The minimum atomic E-state index is 0.783. The third kappa shape index (κ3) is 1.69. The van der Waals surface area contributed by atoms with Gasteiger partial charge in [0.05, 0.1) is 10.6 Å². The van der Waals surface area contributed by atoms with E-state index in [0.717, 1.165) is 27.6 Å². The Morgan fingerprint density at radius 3 is 2.67 bits per heavy atom. The fourth-order valence-electron chi connectivity index (χ4n) is 1.79. The van der Waals surface area contributed by atoms with Gasteiger partial charge in [0, 0.05) is 5.69 Å². The summed E-state index contributed by atoms with van der Waals surface area (Å²) >= 11 is 1.59. The van der Waals surface area contributed by atoms with Gasteiger partial charge in [-0.3, -0.25) is 4.57 Å². The van der Waals surface area contributed by atoms with Gasteiger partial charge in [-0.2, -0.15) is 0 Å². The molecule has 2 N–H and O–H groups in total. The molecule has 4 nitrogen and oxygen atoms in total. The summed E-state index contributed by atoms with van der Waals surface area (Å²) in [4.78, 5) is 0.967. The van der Waals surface area contributed by atoms with Crippen molar-refractivity contribution in [2.45, 2.75) is 6.92 Å². The lowest BCUT2D eigenvalue weighted by molar-refractivity contribution is 1.07. The first-order chi connectivity index (χ1) is 8.77. The molecule has 18 heavy (non-hydrogen) atoms. The molecule has 0 spiro atoms. The Bertz CT molecular complexity index is 669. The lowest BCUT2D eigenvalue weighted by atomic mass is 10.2. The maximum absolute atomic E-state index is 6.07. The Kier molecular flexibility index (Phi) is 2.60. The predicted octanol–water partition coefficient (Wildman–Crippen LogP) is 2.89. The summed E-state index contributed by atoms with van der Waals surface area (Å²) in [7, 11) is 0. The quantitative estimate of drug-likeness (QED) is 0.767. The summed E-state index contributed by atoms with van der Waals surface area (Å²) < 4.78 is 1.95. The third-order valence-electron chi connectivity index (χ3n) is 2.81. The van der Waals surface area contributed by atoms with Gasteiger partial charge in [-0.1, -0.05) is 18.2 Å². The fourth-order valence-corrected chi connectivity index (χ4v) is 2.75. The van der Waals surface area contributed by atoms with Crippen molar-refractivity contribution in [2.75, 3.05) is 5.73 Å². The molecule has 0 unspecified atom stereocenters. The van der Waals surface area contributed by atoms with Gasteiger partial charge in [0.2, 0.25) is 0 Å². The highest BCUT2D eigenvalue weighted by Crippen LogP contribution is 2.34. The third-order valence-corrected chi connectivity index (χ3v) is 3.92. The molecule has 0 amide bonds. The Labute approximate surface area is 109 Å². The van der Waals surface area contributed by atoms with Crippen LogP contribution in [0.1, 0.15) is 5.56 Å². The van der Waals surface area contributed by atoms with Crippen LogP contribution in [0.5, 0.6) is 0 Å². The minimum absolute atomic E-state index is 0.783. The average molecular weight is 256 g/mol. The van der Waals surface area contributed by atoms with Crippen LogP contribution in [-0.4, -0.2) is 14.8 Å². The van der Waals surface area contributed by atoms with Gasteiger partial charge in [0.1, 0.15) is 6.33 Å². The first kappa shape index (κ1) is 11.0. The second-order valence-corrected chi connectivity index (χ2v) is 4.90. The number of nitrogens with zero attached hydrogens (tertiary/aromatic N) is 3. The highest BCUT2D eigenvalue weighted by atomic mass is 32.1. The molecule has 0 aliphatic heterocycles. The van der Waals surface area contributed by atoms with Gasteiger partial charge in [-0.25, -0.2) is 0 Å². The molecule has 0 saturated carbocycles. The topological polar surface area (TPSA) is 56.7 Å². The number of aryl methyl sites for hydroxylation is 1. The molecule has 0 saturated heterocycles. The maximum atomic E-state index is 6.07. The van der Waals surface area contributed by atoms with Gasteiger partial charge in [-0.15, -0.1) is 21.5 Å². The molecule has 0 radical (unpaired) electrons. The molecule has 0 aliphatic carbocycles. The Hall–Kier alpha value is -2.14. The molecule has 3 rings (SSSR count). The highest BCUT2D eigenvalue weighted by Gasteiger charge is 2.14. The van der Waals surface area contributed by atoms with E-state index in [4.69, 9.17) is 5.73 Å². The maximum Gasteiger partial charge on any atom is 0.180 e. The Balaban J connectivity index is 2.16. The number of nitrogen functional groups attached to an aromatic ring is 1. The molecule has 1 aromatic carbocycles. The number of benzene rings is 1. The van der Waals surface area contributed by atoms with E-state index in [-0.39, 0.29) is 0 Å². The average Bonchev–Trinajstić information content (AvgIpc) is 2.99. The largest absolute Gasteiger partial charge is 0.397 e. The zero-order valence-electron chi connectivity index (χ0n) is 9.87. The van der Waals surface area contributed by atoms with Crippen molar-refractivity contribution in [1.29, 1.82) is 0 Å². The summed E-state index contributed by atoms with van der Waals surface area (Å²) in [6, 6.07) is 9.99. The van der Waals surface area contributed by atoms with Crippen LogP contribution in [-0.2, 0) is 0 Å². The van der Waals surface area contributed by atoms with Crippen molar-refractivity contribution in [1.82, 2.24) is 14.8 Å². The molecule has 0 aliphatic rings. The molecule has 2 aromatic heterocycles. The molecular formula is C13H12N4S. The van der Waals surface area contributed by atoms with Crippen LogP contribution >= 0.6 is 11.3 Å². The van der Waals surface area contributed by atoms with E-state index in [9.17, 15) is 0 Å². The molecule has 5 heteroatoms. The van der Waals surface area contributed by atoms with Crippen molar-refractivity contribution in [2.24, 2.45) is 0 Å². The number of anilines is 1. The number of thiophene rings is 1. The number of aromatic nitrogens is 3. The number of nitrogens with two attached hydrogens (primary N) is 1. The van der Waals surface area contributed by atoms with Crippen LogP contribution in [0.25, 0.3) is 16.4 Å². The van der Waals surface area contributed by atoms with Crippen molar-refractivity contribution < 1.29 is 0 Å². The normalized spacial score (nSPS) is 10.7. The molecule has 0 bridgehead atoms. The van der Waals surface area contributed by atoms with Crippen molar-refractivity contribution >= 4 is 17.0 Å². The molecule has 90 valence electrons. The zero-order valence-corrected chi connectivity index (χ0v) is 10.7. The van der Waals surface area contributed by atoms with Crippen LogP contribution < -0.4 is 5.73 Å². The van der Waals surface area contributed by atoms with E-state index in [1.807, 2.05) is 47.2 Å². The van der Waals surface area contributed by atoms with Crippen LogP contribution in [0.3, 0.4) is 0 Å². The Morgan fingerprint density at radius 1 is 1.22 bits per heavy atom. The number of rotatable bonds is 2. The molecule has 3 aromatic rings. The first-order valence-electron chi connectivity index (χ1n) is 5.57. The summed E-state index contributed by atoms with van der Waals surface area (Å²) in [6.45, 7) is 2.00. The molecule has 0 atom stereocenters. The summed E-state index contributed by atoms with van der Waals surface area (Å²) in [6.07, 6.45) is 1.71. The number of para-hydroxylation sites is 1. The van der Waals surface area contributed by atoms with Gasteiger partial charge in [0.15, 0.2) is 5.82 Å². The monoisotopic (exact) mass is 256 g/mol. The number of hydrogen-bond acceptors (Lipinski definition) is 4. The lowest BCUT2D eigenvalue weighted by Gasteiger charge is -2.05. The van der Waals surface area contributed by atoms with E-state index in [1.54, 1.807) is 17.7 Å². The smallest absolute Gasteiger partial charge is 0.180 e. The fraction of sp³-hybridized carbons (Fsp3) is 0.0769. The van der Waals surface area contributed by atoms with E-state index >= 15 is 0 Å². The van der Waals surface area contributed by atoms with Crippen LogP contribution in [0, 0.1) is 6.92 Å². The standard InChI is InChI=1S/C13H12N4S/c1-9-7-18-12(11(9)14)13-16-15-8-17(13)10-5-3-2-4-6-10/h2-8H,14H2,1H3. The highest BCUT2D eigenvalue weighted by molar-refractivity contribution is 7.14. The molecule has 2 heterocycles. The number of hydrogen-bond donors (Lipinski definition) is 1. The summed E-state index contributed by atoms with van der Waals surface area (Å²) in [5.74, 6) is 0.789. The van der Waals surface area contributed by atoms with Crippen LogP contribution in [0.2, 0.25) is 0 Å². The summed E-state index contributed by atoms with van der Waals surface area (Å²) in [5.41, 5.74) is 8.96. The second kappa shape index (κ2) is 4.27. The minimum Gasteiger partial charge on any atom is -0.397 e. The summed E-state index contributed by atoms with van der Waals surface area (Å²) in [5, 5.41) is 10.2. The van der Waals surface area contributed by atoms with E-state index in [1.165, 1.54) is 0 Å². The van der Waals surface area contributed by atoms with E-state index in [0.29, 0.717) is 0 Å². The second-order valence-electron chi connectivity index (χ2n) is 4.02. The van der Waals surface area contributed by atoms with Crippen LogP contribution in [0.15, 0.2) is 42.0 Å². The van der Waals surface area contributed by atoms with Crippen molar-refractivity contribution in [3.05, 3.63) is 47.6 Å². The van der Waals surface area contributed by atoms with Crippen molar-refractivity contribution in [3.8, 4) is 16.4 Å². The molecular weight excluding hydrogens is 244 g/mol. The van der Waals surface area contributed by atoms with E-state index in [2.05, 4.69) is 10.2 Å². The first-order valence-corrected chi connectivity index (χ1v) is 6.44. The zero-order chi connectivity index (χ0) is 12.5. The van der Waals surface area contributed by atoms with E-state index < -0.39 is 0 Å². The van der Waals surface area contributed by atoms with Gasteiger partial charge in [-0.05, 0) is 30.0 Å². The van der Waals surface area contributed by atoms with Crippen LogP contribution in [0.4, 0.5) is 5.69 Å². The van der Waals surface area contributed by atoms with Crippen molar-refractivity contribution in [3.63, 3.8) is 0 Å². The Morgan fingerprint density at radius 2 is 2.00 bits per heavy atom. The lowest BCUT2D eigenvalue weighted by Crippen LogP contribution is -1.97. The van der Waals surface area contributed by atoms with Gasteiger partial charge >= 0.3 is 0 Å².